The lowest BCUT2D eigenvalue weighted by molar-refractivity contribution is -0.144. The van der Waals surface area contributed by atoms with Gasteiger partial charge in [0.25, 0.3) is 0 Å². The second-order valence-electron chi connectivity index (χ2n) is 4.36. The summed E-state index contributed by atoms with van der Waals surface area (Å²) in [5.74, 6) is -0.0418. The Morgan fingerprint density at radius 1 is 1.76 bits per heavy atom. The van der Waals surface area contributed by atoms with E-state index in [0.29, 0.717) is 12.5 Å². The molecule has 7 heteroatoms. The van der Waals surface area contributed by atoms with E-state index in [1.54, 1.807) is 18.7 Å². The monoisotopic (exact) mass is 273 g/mol. The van der Waals surface area contributed by atoms with Gasteiger partial charge < -0.3 is 5.11 Å². The van der Waals surface area contributed by atoms with Crippen LogP contribution in [0.1, 0.15) is 26.2 Å². The van der Waals surface area contributed by atoms with E-state index in [1.165, 1.54) is 17.9 Å². The number of nitrogens with one attached hydrogen (secondary N) is 1. The molecule has 0 spiro atoms. The Labute approximate surface area is 108 Å². The molecule has 1 aromatic heterocycles. The Morgan fingerprint density at radius 3 is 3.06 bits per heavy atom. The summed E-state index contributed by atoms with van der Waals surface area (Å²) in [6, 6.07) is 0.391. The number of thioether (sulfide) groups is 1. The molecule has 17 heavy (non-hydrogen) atoms. The molecule has 5 nitrogen and oxygen atoms in total. The van der Waals surface area contributed by atoms with Gasteiger partial charge >= 0.3 is 5.97 Å². The minimum absolute atomic E-state index is 0.391. The molecule has 1 unspecified atom stereocenters. The Kier molecular flexibility index (Phi) is 4.01. The maximum absolute atomic E-state index is 11.3. The van der Waals surface area contributed by atoms with Crippen molar-refractivity contribution in [2.24, 2.45) is 0 Å². The van der Waals surface area contributed by atoms with Gasteiger partial charge in [-0.3, -0.25) is 10.1 Å². The molecule has 2 N–H and O–H groups in total. The molecule has 1 heterocycles. The van der Waals surface area contributed by atoms with Gasteiger partial charge in [-0.1, -0.05) is 11.8 Å². The lowest BCUT2D eigenvalue weighted by Crippen LogP contribution is -2.50. The number of carboxylic acids is 1. The molecule has 0 bridgehead atoms. The van der Waals surface area contributed by atoms with Crippen molar-refractivity contribution in [2.45, 2.75) is 42.1 Å². The first-order valence-corrected chi connectivity index (χ1v) is 7.26. The van der Waals surface area contributed by atoms with Crippen molar-refractivity contribution >= 4 is 29.3 Å². The topological polar surface area (TPSA) is 75.1 Å². The second-order valence-corrected chi connectivity index (χ2v) is 6.48. The van der Waals surface area contributed by atoms with Crippen molar-refractivity contribution in [3.8, 4) is 0 Å². The number of carboxylic acid groups (broad SMARTS) is 1. The number of hydrogen-bond acceptors (Lipinski definition) is 6. The van der Waals surface area contributed by atoms with Crippen molar-refractivity contribution in [3.63, 3.8) is 0 Å². The van der Waals surface area contributed by atoms with E-state index in [-0.39, 0.29) is 0 Å². The number of hydrogen-bond donors (Lipinski definition) is 2. The summed E-state index contributed by atoms with van der Waals surface area (Å²) in [6.07, 6.45) is 4.29. The first-order chi connectivity index (χ1) is 8.10. The van der Waals surface area contributed by atoms with Crippen LogP contribution in [0.5, 0.6) is 0 Å². The molecule has 1 saturated carbocycles. The predicted molar refractivity (Wildman–Crippen MR) is 67.4 cm³/mol. The number of aliphatic carboxylic acids is 1. The zero-order valence-electron chi connectivity index (χ0n) is 9.55. The molecular weight excluding hydrogens is 258 g/mol. The largest absolute Gasteiger partial charge is 0.480 e. The quantitative estimate of drug-likeness (QED) is 0.735. The number of nitrogens with zero attached hydrogens (tertiary/aromatic N) is 2. The van der Waals surface area contributed by atoms with Crippen LogP contribution in [0.4, 0.5) is 0 Å². The molecule has 0 aliphatic heterocycles. The van der Waals surface area contributed by atoms with E-state index in [2.05, 4.69) is 14.7 Å². The fourth-order valence-corrected chi connectivity index (χ4v) is 3.16. The molecule has 0 radical (unpaired) electrons. The zero-order valence-corrected chi connectivity index (χ0v) is 11.2. The molecule has 2 rings (SSSR count). The van der Waals surface area contributed by atoms with E-state index >= 15 is 0 Å². The summed E-state index contributed by atoms with van der Waals surface area (Å²) in [6.45, 7) is 1.76. The molecule has 1 atom stereocenters. The Hall–Kier alpha value is -0.660. The van der Waals surface area contributed by atoms with Gasteiger partial charge in [0.1, 0.15) is 11.9 Å². The highest BCUT2D eigenvalue weighted by atomic mass is 32.2. The minimum atomic E-state index is -0.821. The zero-order chi connectivity index (χ0) is 12.3. The van der Waals surface area contributed by atoms with Crippen molar-refractivity contribution in [3.05, 3.63) is 6.33 Å². The Bertz CT molecular complexity index is 381. The summed E-state index contributed by atoms with van der Waals surface area (Å²) in [5.41, 5.74) is -0.821. The van der Waals surface area contributed by atoms with Crippen LogP contribution < -0.4 is 5.32 Å². The SMILES string of the molecule is CC(CCSc1ncns1)(NC1CC1)C(=O)O. The summed E-state index contributed by atoms with van der Waals surface area (Å²) in [5, 5.41) is 12.5. The third-order valence-corrected chi connectivity index (χ3v) is 4.54. The molecule has 0 saturated heterocycles. The summed E-state index contributed by atoms with van der Waals surface area (Å²) < 4.78 is 4.80. The van der Waals surface area contributed by atoms with E-state index in [4.69, 9.17) is 0 Å². The average Bonchev–Trinajstić information content (AvgIpc) is 2.93. The van der Waals surface area contributed by atoms with Crippen molar-refractivity contribution in [1.29, 1.82) is 0 Å². The number of aromatic nitrogens is 2. The van der Waals surface area contributed by atoms with E-state index in [9.17, 15) is 9.90 Å². The first kappa shape index (κ1) is 12.8. The summed E-state index contributed by atoms with van der Waals surface area (Å²) >= 11 is 2.90. The first-order valence-electron chi connectivity index (χ1n) is 5.51. The predicted octanol–water partition coefficient (Wildman–Crippen LogP) is 1.62. The molecular formula is C10H15N3O2S2. The molecule has 94 valence electrons. The number of rotatable bonds is 7. The Morgan fingerprint density at radius 2 is 2.53 bits per heavy atom. The van der Waals surface area contributed by atoms with Crippen molar-refractivity contribution in [1.82, 2.24) is 14.7 Å². The van der Waals surface area contributed by atoms with Gasteiger partial charge in [-0.15, -0.1) is 0 Å². The third-order valence-electron chi connectivity index (χ3n) is 2.74. The smallest absolute Gasteiger partial charge is 0.323 e. The maximum atomic E-state index is 11.3. The second kappa shape index (κ2) is 5.32. The van der Waals surface area contributed by atoms with Gasteiger partial charge in [0, 0.05) is 11.8 Å². The van der Waals surface area contributed by atoms with Crippen LogP contribution in [0, 0.1) is 0 Å². The summed E-state index contributed by atoms with van der Waals surface area (Å²) in [7, 11) is 0. The van der Waals surface area contributed by atoms with Gasteiger partial charge in [-0.2, -0.15) is 4.37 Å². The average molecular weight is 273 g/mol. The van der Waals surface area contributed by atoms with Crippen molar-refractivity contribution in [2.75, 3.05) is 5.75 Å². The van der Waals surface area contributed by atoms with Crippen LogP contribution in [-0.2, 0) is 4.79 Å². The molecule has 1 aromatic rings. The van der Waals surface area contributed by atoms with E-state index in [0.717, 1.165) is 22.9 Å². The number of carbonyl (C=O) groups is 1. The fourth-order valence-electron chi connectivity index (χ4n) is 1.49. The van der Waals surface area contributed by atoms with Crippen LogP contribution in [0.25, 0.3) is 0 Å². The van der Waals surface area contributed by atoms with Crippen LogP contribution in [-0.4, -0.2) is 37.8 Å². The lowest BCUT2D eigenvalue weighted by Gasteiger charge is -2.26. The van der Waals surface area contributed by atoms with Gasteiger partial charge in [0.15, 0.2) is 4.34 Å². The molecule has 1 fully saturated rings. The van der Waals surface area contributed by atoms with Gasteiger partial charge in [0.05, 0.1) is 0 Å². The minimum Gasteiger partial charge on any atom is -0.480 e. The lowest BCUT2D eigenvalue weighted by atomic mass is 9.99. The van der Waals surface area contributed by atoms with Gasteiger partial charge in [-0.05, 0) is 37.7 Å². The summed E-state index contributed by atoms with van der Waals surface area (Å²) in [4.78, 5) is 15.3. The fraction of sp³-hybridized carbons (Fsp3) is 0.700. The third kappa shape index (κ3) is 3.65. The van der Waals surface area contributed by atoms with E-state index in [1.807, 2.05) is 0 Å². The highest BCUT2D eigenvalue weighted by Gasteiger charge is 2.38. The van der Waals surface area contributed by atoms with Crippen LogP contribution in [0.3, 0.4) is 0 Å². The van der Waals surface area contributed by atoms with E-state index < -0.39 is 11.5 Å². The molecule has 0 amide bonds. The van der Waals surface area contributed by atoms with Gasteiger partial charge in [0.2, 0.25) is 0 Å². The Balaban J connectivity index is 1.82. The van der Waals surface area contributed by atoms with Crippen LogP contribution >= 0.6 is 23.3 Å². The van der Waals surface area contributed by atoms with Crippen LogP contribution in [0.2, 0.25) is 0 Å². The van der Waals surface area contributed by atoms with Crippen LogP contribution in [0.15, 0.2) is 10.7 Å². The molecule has 0 aromatic carbocycles. The molecule has 1 aliphatic carbocycles. The standard InChI is InChI=1S/C10H15N3O2S2/c1-10(8(14)15,13-7-2-3-7)4-5-16-9-11-6-12-17-9/h6-7,13H,2-5H2,1H3,(H,14,15). The normalized spacial score (nSPS) is 18.9. The highest BCUT2D eigenvalue weighted by Crippen LogP contribution is 2.27. The maximum Gasteiger partial charge on any atom is 0.323 e. The molecule has 1 aliphatic rings. The highest BCUT2D eigenvalue weighted by molar-refractivity contribution is 8.00. The van der Waals surface area contributed by atoms with Crippen molar-refractivity contribution < 1.29 is 9.90 Å². The van der Waals surface area contributed by atoms with Gasteiger partial charge in [-0.25, -0.2) is 4.98 Å².